The summed E-state index contributed by atoms with van der Waals surface area (Å²) in [6, 6.07) is -1.70. The van der Waals surface area contributed by atoms with E-state index in [1.54, 1.807) is 0 Å². The van der Waals surface area contributed by atoms with Gasteiger partial charge in [0.2, 0.25) is 11.8 Å². The van der Waals surface area contributed by atoms with E-state index in [-0.39, 0.29) is 24.8 Å². The highest BCUT2D eigenvalue weighted by Gasteiger charge is 2.40. The summed E-state index contributed by atoms with van der Waals surface area (Å²) in [7, 11) is 0. The predicted molar refractivity (Wildman–Crippen MR) is 77.9 cm³/mol. The summed E-state index contributed by atoms with van der Waals surface area (Å²) in [5, 5.41) is 21.7. The van der Waals surface area contributed by atoms with Crippen LogP contribution in [-0.4, -0.2) is 57.6 Å². The molecule has 1 saturated carbocycles. The molecule has 0 aromatic carbocycles. The van der Waals surface area contributed by atoms with Crippen molar-refractivity contribution in [3.05, 3.63) is 0 Å². The van der Waals surface area contributed by atoms with E-state index < -0.39 is 30.1 Å². The van der Waals surface area contributed by atoms with Crippen molar-refractivity contribution in [2.75, 3.05) is 6.54 Å². The van der Waals surface area contributed by atoms with Gasteiger partial charge in [0.05, 0.1) is 6.10 Å². The molecule has 22 heavy (non-hydrogen) atoms. The molecule has 1 aliphatic carbocycles. The van der Waals surface area contributed by atoms with E-state index in [4.69, 9.17) is 0 Å². The number of aliphatic carboxylic acids is 1. The number of hydrogen-bond donors (Lipinski definition) is 3. The number of nitrogens with one attached hydrogen (secondary N) is 1. The molecule has 1 saturated heterocycles. The predicted octanol–water partition coefficient (Wildman–Crippen LogP) is 0.118. The zero-order valence-corrected chi connectivity index (χ0v) is 12.8. The van der Waals surface area contributed by atoms with Crippen LogP contribution in [0.2, 0.25) is 0 Å². The van der Waals surface area contributed by atoms with Crippen LogP contribution in [0.3, 0.4) is 0 Å². The molecule has 124 valence electrons. The van der Waals surface area contributed by atoms with Gasteiger partial charge in [-0.2, -0.15) is 0 Å². The van der Waals surface area contributed by atoms with E-state index in [0.717, 1.165) is 32.1 Å². The average Bonchev–Trinajstić information content (AvgIpc) is 2.87. The number of hydrogen-bond acceptors (Lipinski definition) is 4. The van der Waals surface area contributed by atoms with Gasteiger partial charge in [0.15, 0.2) is 0 Å². The first-order valence-corrected chi connectivity index (χ1v) is 7.88. The molecular weight excluding hydrogens is 288 g/mol. The zero-order valence-electron chi connectivity index (χ0n) is 12.8. The van der Waals surface area contributed by atoms with Crippen LogP contribution in [0.5, 0.6) is 0 Å². The Balaban J connectivity index is 2.04. The Kier molecular flexibility index (Phi) is 5.39. The average molecular weight is 312 g/mol. The molecule has 3 atom stereocenters. The fourth-order valence-electron chi connectivity index (χ4n) is 3.51. The Morgan fingerprint density at radius 2 is 1.82 bits per heavy atom. The second-order valence-electron chi connectivity index (χ2n) is 6.30. The van der Waals surface area contributed by atoms with Crippen molar-refractivity contribution < 1.29 is 24.6 Å². The molecule has 0 spiro atoms. The summed E-state index contributed by atoms with van der Waals surface area (Å²) in [5.41, 5.74) is 0. The number of likely N-dealkylation sites (tertiary alicyclic amines) is 1. The summed E-state index contributed by atoms with van der Waals surface area (Å²) in [5.74, 6) is -1.87. The van der Waals surface area contributed by atoms with Gasteiger partial charge in [0.25, 0.3) is 0 Å². The molecule has 0 radical (unpaired) electrons. The minimum absolute atomic E-state index is 0.0627. The van der Waals surface area contributed by atoms with Crippen molar-refractivity contribution in [2.24, 2.45) is 5.92 Å². The molecule has 7 heteroatoms. The Bertz CT molecular complexity index is 447. The third-order valence-electron chi connectivity index (χ3n) is 4.67. The lowest BCUT2D eigenvalue weighted by molar-refractivity contribution is -0.145. The number of nitrogens with zero attached hydrogens (tertiary/aromatic N) is 1. The number of carboxylic acid groups (broad SMARTS) is 1. The van der Waals surface area contributed by atoms with Crippen molar-refractivity contribution in [1.82, 2.24) is 10.2 Å². The van der Waals surface area contributed by atoms with Gasteiger partial charge in [-0.15, -0.1) is 0 Å². The van der Waals surface area contributed by atoms with E-state index >= 15 is 0 Å². The maximum absolute atomic E-state index is 12.4. The number of β-amino-alcohol motifs (C(OH)–C–C–N with tert-alkyl or cyclic N) is 1. The van der Waals surface area contributed by atoms with Gasteiger partial charge in [-0.25, -0.2) is 4.79 Å². The fourth-order valence-corrected chi connectivity index (χ4v) is 3.51. The van der Waals surface area contributed by atoms with Gasteiger partial charge in [0, 0.05) is 19.9 Å². The molecule has 7 nitrogen and oxygen atoms in total. The Morgan fingerprint density at radius 1 is 1.18 bits per heavy atom. The number of aliphatic hydroxyl groups excluding tert-OH is 1. The highest BCUT2D eigenvalue weighted by Crippen LogP contribution is 2.27. The Morgan fingerprint density at radius 3 is 2.36 bits per heavy atom. The zero-order chi connectivity index (χ0) is 16.3. The summed E-state index contributed by atoms with van der Waals surface area (Å²) in [4.78, 5) is 36.7. The third-order valence-corrected chi connectivity index (χ3v) is 4.67. The summed E-state index contributed by atoms with van der Waals surface area (Å²) in [6.45, 7) is 1.46. The monoisotopic (exact) mass is 312 g/mol. The molecule has 0 aromatic heterocycles. The summed E-state index contributed by atoms with van der Waals surface area (Å²) >= 11 is 0. The molecule has 2 fully saturated rings. The first-order valence-electron chi connectivity index (χ1n) is 7.88. The smallest absolute Gasteiger partial charge is 0.326 e. The van der Waals surface area contributed by atoms with Crippen molar-refractivity contribution in [2.45, 2.75) is 63.6 Å². The van der Waals surface area contributed by atoms with Gasteiger partial charge in [-0.05, 0) is 18.8 Å². The summed E-state index contributed by atoms with van der Waals surface area (Å²) < 4.78 is 0. The van der Waals surface area contributed by atoms with Crippen LogP contribution in [0, 0.1) is 5.92 Å². The molecule has 1 heterocycles. The van der Waals surface area contributed by atoms with Gasteiger partial charge in [0.1, 0.15) is 12.1 Å². The second kappa shape index (κ2) is 7.09. The van der Waals surface area contributed by atoms with Gasteiger partial charge in [-0.1, -0.05) is 19.3 Å². The lowest BCUT2D eigenvalue weighted by atomic mass is 9.83. The number of rotatable bonds is 4. The molecule has 2 rings (SSSR count). The van der Waals surface area contributed by atoms with Crippen molar-refractivity contribution in [1.29, 1.82) is 0 Å². The van der Waals surface area contributed by atoms with Crippen LogP contribution in [0.1, 0.15) is 45.4 Å². The summed E-state index contributed by atoms with van der Waals surface area (Å²) in [6.07, 6.45) is 4.06. The third kappa shape index (κ3) is 3.76. The van der Waals surface area contributed by atoms with Crippen LogP contribution in [0.15, 0.2) is 0 Å². The quantitative estimate of drug-likeness (QED) is 0.683. The molecule has 0 aromatic rings. The standard InChI is InChI=1S/C15H24N2O5/c1-9(18)17-8-11(19)7-12(17)14(20)16-13(15(21)22)10-5-3-2-4-6-10/h10-13,19H,2-8H2,1H3,(H,16,20)(H,21,22)/t11-,12+,13-/m1/s1. The highest BCUT2D eigenvalue weighted by atomic mass is 16.4. The first kappa shape index (κ1) is 16.7. The molecule has 3 N–H and O–H groups in total. The van der Waals surface area contributed by atoms with Crippen LogP contribution in [-0.2, 0) is 14.4 Å². The SMILES string of the molecule is CC(=O)N1C[C@H](O)C[C@H]1C(=O)N[C@@H](C(=O)O)C1CCCCC1. The number of amides is 2. The van der Waals surface area contributed by atoms with E-state index in [9.17, 15) is 24.6 Å². The Labute approximate surface area is 129 Å². The fraction of sp³-hybridized carbons (Fsp3) is 0.800. The Hall–Kier alpha value is -1.63. The maximum atomic E-state index is 12.4. The highest BCUT2D eigenvalue weighted by molar-refractivity contribution is 5.90. The first-order chi connectivity index (χ1) is 10.4. The minimum Gasteiger partial charge on any atom is -0.480 e. The number of carbonyl (C=O) groups is 3. The number of aliphatic hydroxyl groups is 1. The lowest BCUT2D eigenvalue weighted by Crippen LogP contribution is -2.53. The molecule has 1 aliphatic heterocycles. The van der Waals surface area contributed by atoms with E-state index in [1.807, 2.05) is 0 Å². The van der Waals surface area contributed by atoms with Crippen molar-refractivity contribution in [3.8, 4) is 0 Å². The number of carbonyl (C=O) groups excluding carboxylic acids is 2. The minimum atomic E-state index is -1.03. The normalized spacial score (nSPS) is 27.5. The lowest BCUT2D eigenvalue weighted by Gasteiger charge is -2.30. The largest absolute Gasteiger partial charge is 0.480 e. The van der Waals surface area contributed by atoms with Crippen LogP contribution >= 0.6 is 0 Å². The van der Waals surface area contributed by atoms with Crippen molar-refractivity contribution in [3.63, 3.8) is 0 Å². The van der Waals surface area contributed by atoms with Crippen LogP contribution in [0.25, 0.3) is 0 Å². The maximum Gasteiger partial charge on any atom is 0.326 e. The second-order valence-corrected chi connectivity index (χ2v) is 6.30. The van der Waals surface area contributed by atoms with Gasteiger partial charge < -0.3 is 20.4 Å². The molecule has 2 amide bonds. The van der Waals surface area contributed by atoms with E-state index in [2.05, 4.69) is 5.32 Å². The molecule has 0 unspecified atom stereocenters. The molecular formula is C15H24N2O5. The van der Waals surface area contributed by atoms with E-state index in [1.165, 1.54) is 11.8 Å². The van der Waals surface area contributed by atoms with Crippen LogP contribution in [0.4, 0.5) is 0 Å². The van der Waals surface area contributed by atoms with E-state index in [0.29, 0.717) is 0 Å². The molecule has 0 bridgehead atoms. The van der Waals surface area contributed by atoms with Gasteiger partial charge >= 0.3 is 5.97 Å². The molecule has 2 aliphatic rings. The topological polar surface area (TPSA) is 107 Å². The van der Waals surface area contributed by atoms with Gasteiger partial charge in [-0.3, -0.25) is 9.59 Å². The number of carboxylic acids is 1. The van der Waals surface area contributed by atoms with Crippen LogP contribution < -0.4 is 5.32 Å². The van der Waals surface area contributed by atoms with Crippen molar-refractivity contribution >= 4 is 17.8 Å².